The number of ether oxygens (including phenoxy) is 1. The van der Waals surface area contributed by atoms with Gasteiger partial charge >= 0.3 is 0 Å². The van der Waals surface area contributed by atoms with Gasteiger partial charge in [-0.3, -0.25) is 0 Å². The first-order chi connectivity index (χ1) is 11.7. The van der Waals surface area contributed by atoms with Crippen LogP contribution in [0.15, 0.2) is 18.9 Å². The van der Waals surface area contributed by atoms with Gasteiger partial charge in [-0.15, -0.1) is 5.10 Å². The van der Waals surface area contributed by atoms with Crippen LogP contribution in [0.3, 0.4) is 0 Å². The number of nitrogens with zero attached hydrogens (tertiary/aromatic N) is 7. The lowest BCUT2D eigenvalue weighted by molar-refractivity contribution is -0.0489. The second kappa shape index (κ2) is 5.78. The van der Waals surface area contributed by atoms with E-state index in [0.717, 1.165) is 0 Å². The molecular formula is C13H16N8O3. The monoisotopic (exact) mass is 332 g/mol. The molecule has 0 amide bonds. The minimum absolute atomic E-state index is 0.235. The van der Waals surface area contributed by atoms with E-state index in [4.69, 9.17) is 15.6 Å². The fraction of sp³-hybridized carbons (Fsp3) is 0.462. The fourth-order valence-electron chi connectivity index (χ4n) is 2.76. The molecule has 1 saturated heterocycles. The van der Waals surface area contributed by atoms with Gasteiger partial charge in [0.1, 0.15) is 23.6 Å². The zero-order chi connectivity index (χ0) is 16.7. The van der Waals surface area contributed by atoms with Gasteiger partial charge in [-0.2, -0.15) is 0 Å². The molecule has 0 aromatic carbocycles. The number of fused-ring (bicyclic) bond motifs is 1. The summed E-state index contributed by atoms with van der Waals surface area (Å²) >= 11 is 0. The van der Waals surface area contributed by atoms with Crippen molar-refractivity contribution in [1.29, 1.82) is 0 Å². The highest BCUT2D eigenvalue weighted by atomic mass is 16.5. The van der Waals surface area contributed by atoms with Crippen LogP contribution in [0.4, 0.5) is 5.82 Å². The lowest BCUT2D eigenvalue weighted by Gasteiger charge is -2.11. The molecule has 11 heteroatoms. The molecule has 24 heavy (non-hydrogen) atoms. The Balaban J connectivity index is 1.54. The summed E-state index contributed by atoms with van der Waals surface area (Å²) in [5, 5.41) is 27.1. The van der Waals surface area contributed by atoms with Crippen molar-refractivity contribution in [1.82, 2.24) is 34.5 Å². The van der Waals surface area contributed by atoms with Gasteiger partial charge in [0.05, 0.1) is 31.8 Å². The minimum atomic E-state index is -0.718. The van der Waals surface area contributed by atoms with Gasteiger partial charge in [-0.25, -0.2) is 19.6 Å². The average Bonchev–Trinajstić information content (AvgIpc) is 3.27. The van der Waals surface area contributed by atoms with Crippen molar-refractivity contribution >= 4 is 17.0 Å². The maximum absolute atomic E-state index is 9.79. The summed E-state index contributed by atoms with van der Waals surface area (Å²) in [5.41, 5.74) is 7.60. The topological polar surface area (TPSA) is 150 Å². The molecule has 126 valence electrons. The van der Waals surface area contributed by atoms with Crippen LogP contribution in [0, 0.1) is 0 Å². The molecule has 4 heterocycles. The summed E-state index contributed by atoms with van der Waals surface area (Å²) in [7, 11) is 0. The Morgan fingerprint density at radius 1 is 1.33 bits per heavy atom. The van der Waals surface area contributed by atoms with Crippen molar-refractivity contribution in [2.24, 2.45) is 0 Å². The lowest BCUT2D eigenvalue weighted by Crippen LogP contribution is -2.24. The molecule has 0 aliphatic carbocycles. The first-order valence-corrected chi connectivity index (χ1v) is 7.42. The van der Waals surface area contributed by atoms with E-state index in [2.05, 4.69) is 25.3 Å². The summed E-state index contributed by atoms with van der Waals surface area (Å²) in [5.74, 6) is 0.325. The van der Waals surface area contributed by atoms with Gasteiger partial charge in [-0.05, 0) is 0 Å². The Labute approximate surface area is 135 Å². The molecule has 3 atom stereocenters. The highest BCUT2D eigenvalue weighted by Gasteiger charge is 2.35. The van der Waals surface area contributed by atoms with Gasteiger partial charge in [0.15, 0.2) is 17.7 Å². The number of rotatable bonds is 4. The molecule has 0 unspecified atom stereocenters. The van der Waals surface area contributed by atoms with Gasteiger partial charge in [0.2, 0.25) is 0 Å². The molecular weight excluding hydrogens is 316 g/mol. The Kier molecular flexibility index (Phi) is 3.59. The Morgan fingerprint density at radius 3 is 3.00 bits per heavy atom. The number of aliphatic hydroxyl groups excluding tert-OH is 2. The number of hydrogen-bond donors (Lipinski definition) is 3. The van der Waals surface area contributed by atoms with Crippen LogP contribution in [-0.4, -0.2) is 63.5 Å². The van der Waals surface area contributed by atoms with Crippen molar-refractivity contribution in [2.75, 3.05) is 12.3 Å². The molecule has 3 aromatic heterocycles. The van der Waals surface area contributed by atoms with Gasteiger partial charge in [0, 0.05) is 6.42 Å². The van der Waals surface area contributed by atoms with E-state index < -0.39 is 18.4 Å². The van der Waals surface area contributed by atoms with Crippen molar-refractivity contribution < 1.29 is 14.9 Å². The van der Waals surface area contributed by atoms with Gasteiger partial charge in [0.25, 0.3) is 0 Å². The second-order valence-electron chi connectivity index (χ2n) is 5.61. The van der Waals surface area contributed by atoms with Crippen LogP contribution in [0.2, 0.25) is 0 Å². The zero-order valence-corrected chi connectivity index (χ0v) is 12.6. The zero-order valence-electron chi connectivity index (χ0n) is 12.6. The lowest BCUT2D eigenvalue weighted by atomic mass is 10.2. The standard InChI is InChI=1S/C13H16N8O3/c14-12-11-13(16-5-15-12)20(6-17-11)2-7-3-21(19-18-7)10-1-8(23)9(4-22)24-10/h3,5-6,8-10,22-23H,1-2,4H2,(H2,14,15,16)/t8-,9+,10+/m0/s1. The third kappa shape index (κ3) is 2.48. The molecule has 0 saturated carbocycles. The molecule has 4 rings (SSSR count). The van der Waals surface area contributed by atoms with Crippen molar-refractivity contribution in [3.05, 3.63) is 24.5 Å². The number of hydrogen-bond acceptors (Lipinski definition) is 9. The summed E-state index contributed by atoms with van der Waals surface area (Å²) in [6.07, 6.45) is 3.32. The van der Waals surface area contributed by atoms with E-state index in [9.17, 15) is 5.11 Å². The number of anilines is 1. The fourth-order valence-corrected chi connectivity index (χ4v) is 2.76. The summed E-state index contributed by atoms with van der Waals surface area (Å²) in [6, 6.07) is 0. The van der Waals surface area contributed by atoms with E-state index in [1.54, 1.807) is 17.1 Å². The van der Waals surface area contributed by atoms with Crippen molar-refractivity contribution in [3.8, 4) is 0 Å². The second-order valence-corrected chi connectivity index (χ2v) is 5.61. The number of aliphatic hydroxyl groups is 2. The maximum atomic E-state index is 9.79. The molecule has 0 radical (unpaired) electrons. The SMILES string of the molecule is Nc1ncnc2c1ncn2Cc1cn([C@H]2C[C@H](O)[C@@H](CO)O2)nn1. The average molecular weight is 332 g/mol. The van der Waals surface area contributed by atoms with Gasteiger partial charge in [-0.1, -0.05) is 5.21 Å². The molecule has 0 spiro atoms. The van der Waals surface area contributed by atoms with Crippen LogP contribution < -0.4 is 5.73 Å². The molecule has 0 bridgehead atoms. The third-order valence-corrected chi connectivity index (χ3v) is 4.00. The van der Waals surface area contributed by atoms with E-state index in [1.807, 2.05) is 0 Å². The smallest absolute Gasteiger partial charge is 0.165 e. The van der Waals surface area contributed by atoms with E-state index >= 15 is 0 Å². The first kappa shape index (κ1) is 14.9. The highest BCUT2D eigenvalue weighted by molar-refractivity contribution is 5.81. The summed E-state index contributed by atoms with van der Waals surface area (Å²) in [6.45, 7) is 0.174. The van der Waals surface area contributed by atoms with E-state index in [-0.39, 0.29) is 6.61 Å². The molecule has 1 aliphatic heterocycles. The predicted octanol–water partition coefficient (Wildman–Crippen LogP) is -1.31. The summed E-state index contributed by atoms with van der Waals surface area (Å²) in [4.78, 5) is 12.3. The first-order valence-electron chi connectivity index (χ1n) is 7.42. The number of imidazole rings is 1. The molecule has 1 aliphatic rings. The molecule has 4 N–H and O–H groups in total. The maximum Gasteiger partial charge on any atom is 0.165 e. The van der Waals surface area contributed by atoms with E-state index in [0.29, 0.717) is 35.6 Å². The molecule has 1 fully saturated rings. The largest absolute Gasteiger partial charge is 0.394 e. The molecule has 3 aromatic rings. The number of nitrogen functional groups attached to an aromatic ring is 1. The van der Waals surface area contributed by atoms with E-state index in [1.165, 1.54) is 11.0 Å². The molecule has 11 nitrogen and oxygen atoms in total. The number of nitrogens with two attached hydrogens (primary N) is 1. The van der Waals surface area contributed by atoms with Crippen molar-refractivity contribution in [2.45, 2.75) is 31.4 Å². The number of aromatic nitrogens is 7. The Morgan fingerprint density at radius 2 is 2.21 bits per heavy atom. The predicted molar refractivity (Wildman–Crippen MR) is 80.5 cm³/mol. The van der Waals surface area contributed by atoms with Gasteiger partial charge < -0.3 is 25.3 Å². The van der Waals surface area contributed by atoms with Crippen LogP contribution in [0.25, 0.3) is 11.2 Å². The van der Waals surface area contributed by atoms with Crippen LogP contribution in [0.5, 0.6) is 0 Å². The van der Waals surface area contributed by atoms with Crippen LogP contribution in [-0.2, 0) is 11.3 Å². The third-order valence-electron chi connectivity index (χ3n) is 4.00. The van der Waals surface area contributed by atoms with Crippen molar-refractivity contribution in [3.63, 3.8) is 0 Å². The summed E-state index contributed by atoms with van der Waals surface area (Å²) < 4.78 is 8.88. The van der Waals surface area contributed by atoms with Crippen LogP contribution >= 0.6 is 0 Å². The highest BCUT2D eigenvalue weighted by Crippen LogP contribution is 2.27. The minimum Gasteiger partial charge on any atom is -0.394 e. The Bertz CT molecular complexity index is 862. The normalized spacial score (nSPS) is 24.0. The van der Waals surface area contributed by atoms with Crippen LogP contribution in [0.1, 0.15) is 18.3 Å². The Hall–Kier alpha value is -2.63. The quantitative estimate of drug-likeness (QED) is 0.529.